The van der Waals surface area contributed by atoms with Crippen molar-refractivity contribution in [3.05, 3.63) is 63.4 Å². The molecule has 4 aromatic rings. The first kappa shape index (κ1) is 22.6. The standard InChI is InChI=1S/C25H24N4O3S2/c1-29(13-20-27-19(14-33-20)15-6-4-3-5-7-15)12-17-10-11-18-21(28-23(30)16-8-9-16)22(25(31)32-2)34-24(18)26-17/h3-7,10-11,14,16H,8-9,12-13H2,1-2H3,(H,28,30). The summed E-state index contributed by atoms with van der Waals surface area (Å²) in [6.45, 7) is 1.34. The topological polar surface area (TPSA) is 84.4 Å². The summed E-state index contributed by atoms with van der Waals surface area (Å²) in [5, 5.41) is 6.82. The molecule has 1 saturated carbocycles. The van der Waals surface area contributed by atoms with Crippen LogP contribution >= 0.6 is 22.7 Å². The Balaban J connectivity index is 1.32. The largest absolute Gasteiger partial charge is 0.465 e. The molecule has 1 aromatic carbocycles. The van der Waals surface area contributed by atoms with Gasteiger partial charge in [-0.1, -0.05) is 30.3 Å². The highest BCUT2D eigenvalue weighted by atomic mass is 32.1. The smallest absolute Gasteiger partial charge is 0.350 e. The third-order valence-electron chi connectivity index (χ3n) is 5.64. The molecule has 7 nitrogen and oxygen atoms in total. The molecule has 1 amide bonds. The summed E-state index contributed by atoms with van der Waals surface area (Å²) in [5.41, 5.74) is 3.49. The molecule has 0 bridgehead atoms. The van der Waals surface area contributed by atoms with Gasteiger partial charge >= 0.3 is 5.97 Å². The van der Waals surface area contributed by atoms with Gasteiger partial charge in [0, 0.05) is 28.8 Å². The second kappa shape index (κ2) is 9.61. The molecule has 1 aliphatic rings. The number of rotatable bonds is 8. The predicted octanol–water partition coefficient (Wildman–Crippen LogP) is 5.19. The van der Waals surface area contributed by atoms with Gasteiger partial charge in [0.25, 0.3) is 0 Å². The van der Waals surface area contributed by atoms with Crippen LogP contribution in [0.5, 0.6) is 0 Å². The van der Waals surface area contributed by atoms with Crippen molar-refractivity contribution in [1.82, 2.24) is 14.9 Å². The van der Waals surface area contributed by atoms with Gasteiger partial charge < -0.3 is 10.1 Å². The summed E-state index contributed by atoms with van der Waals surface area (Å²) >= 11 is 2.89. The Hall–Kier alpha value is -3.14. The van der Waals surface area contributed by atoms with Gasteiger partial charge in [-0.05, 0) is 32.0 Å². The van der Waals surface area contributed by atoms with E-state index < -0.39 is 5.97 Å². The van der Waals surface area contributed by atoms with Crippen LogP contribution in [0.3, 0.4) is 0 Å². The Morgan fingerprint density at radius 1 is 1.12 bits per heavy atom. The highest BCUT2D eigenvalue weighted by Crippen LogP contribution is 2.38. The van der Waals surface area contributed by atoms with Crippen LogP contribution in [-0.4, -0.2) is 40.9 Å². The Labute approximate surface area is 205 Å². The monoisotopic (exact) mass is 492 g/mol. The van der Waals surface area contributed by atoms with Gasteiger partial charge in [-0.3, -0.25) is 9.69 Å². The number of pyridine rings is 1. The first-order valence-electron chi connectivity index (χ1n) is 11.0. The number of hydrogen-bond acceptors (Lipinski definition) is 8. The summed E-state index contributed by atoms with van der Waals surface area (Å²) in [6.07, 6.45) is 1.78. The third-order valence-corrected chi connectivity index (χ3v) is 7.55. The minimum absolute atomic E-state index is 0.0367. The Morgan fingerprint density at radius 3 is 2.65 bits per heavy atom. The number of nitrogens with zero attached hydrogens (tertiary/aromatic N) is 3. The molecule has 34 heavy (non-hydrogen) atoms. The average molecular weight is 493 g/mol. The van der Waals surface area contributed by atoms with E-state index in [9.17, 15) is 9.59 Å². The van der Waals surface area contributed by atoms with Crippen molar-refractivity contribution in [2.45, 2.75) is 25.9 Å². The maximum atomic E-state index is 12.4. The van der Waals surface area contributed by atoms with Gasteiger partial charge in [-0.15, -0.1) is 22.7 Å². The molecular weight excluding hydrogens is 468 g/mol. The van der Waals surface area contributed by atoms with Crippen LogP contribution in [0, 0.1) is 5.92 Å². The number of nitrogens with one attached hydrogen (secondary N) is 1. The van der Waals surface area contributed by atoms with Crippen LogP contribution in [0.15, 0.2) is 47.8 Å². The summed E-state index contributed by atoms with van der Waals surface area (Å²) in [5.74, 6) is -0.479. The number of carbonyl (C=O) groups excluding carboxylic acids is 2. The van der Waals surface area contributed by atoms with Crippen molar-refractivity contribution < 1.29 is 14.3 Å². The summed E-state index contributed by atoms with van der Waals surface area (Å²) < 4.78 is 4.94. The number of anilines is 1. The van der Waals surface area contributed by atoms with Gasteiger partial charge in [0.05, 0.1) is 30.7 Å². The molecule has 9 heteroatoms. The zero-order chi connectivity index (χ0) is 23.7. The number of benzene rings is 1. The summed E-state index contributed by atoms with van der Waals surface area (Å²) in [6, 6.07) is 14.0. The van der Waals surface area contributed by atoms with E-state index in [0.29, 0.717) is 28.5 Å². The number of thiophene rings is 1. The number of amides is 1. The first-order valence-corrected chi connectivity index (χ1v) is 12.7. The highest BCUT2D eigenvalue weighted by molar-refractivity contribution is 7.21. The third kappa shape index (κ3) is 4.86. The lowest BCUT2D eigenvalue weighted by atomic mass is 10.2. The second-order valence-electron chi connectivity index (χ2n) is 8.38. The van der Waals surface area contributed by atoms with Gasteiger partial charge in [-0.25, -0.2) is 14.8 Å². The van der Waals surface area contributed by atoms with E-state index in [1.165, 1.54) is 18.4 Å². The zero-order valence-electron chi connectivity index (χ0n) is 18.9. The number of thiazole rings is 1. The fraction of sp³-hybridized carbons (Fsp3) is 0.280. The number of esters is 1. The molecule has 0 radical (unpaired) electrons. The van der Waals surface area contributed by atoms with Crippen LogP contribution in [0.2, 0.25) is 0 Å². The Bertz CT molecular complexity index is 1340. The molecule has 1 aliphatic carbocycles. The van der Waals surface area contributed by atoms with Crippen molar-refractivity contribution in [1.29, 1.82) is 0 Å². The number of carbonyl (C=O) groups is 2. The second-order valence-corrected chi connectivity index (χ2v) is 10.3. The van der Waals surface area contributed by atoms with Gasteiger partial charge in [0.2, 0.25) is 5.91 Å². The first-order chi connectivity index (χ1) is 16.5. The van der Waals surface area contributed by atoms with Crippen LogP contribution in [0.1, 0.15) is 33.2 Å². The molecule has 0 spiro atoms. The number of fused-ring (bicyclic) bond motifs is 1. The Kier molecular flexibility index (Phi) is 6.40. The van der Waals surface area contributed by atoms with Gasteiger partial charge in [0.15, 0.2) is 0 Å². The molecule has 0 atom stereocenters. The maximum absolute atomic E-state index is 12.4. The highest BCUT2D eigenvalue weighted by Gasteiger charge is 2.31. The molecule has 0 unspecified atom stereocenters. The van der Waals surface area contributed by atoms with E-state index in [1.807, 2.05) is 37.4 Å². The maximum Gasteiger partial charge on any atom is 0.350 e. The molecule has 174 valence electrons. The molecule has 1 N–H and O–H groups in total. The van der Waals surface area contributed by atoms with E-state index >= 15 is 0 Å². The number of hydrogen-bond donors (Lipinski definition) is 1. The molecule has 5 rings (SSSR count). The molecule has 0 aliphatic heterocycles. The molecule has 3 heterocycles. The Morgan fingerprint density at radius 2 is 1.91 bits per heavy atom. The van der Waals surface area contributed by atoms with Crippen molar-refractivity contribution in [3.8, 4) is 11.3 Å². The SMILES string of the molecule is COC(=O)c1sc2nc(CN(C)Cc3nc(-c4ccccc4)cs3)ccc2c1NC(=O)C1CC1. The van der Waals surface area contributed by atoms with E-state index in [-0.39, 0.29) is 11.8 Å². The van der Waals surface area contributed by atoms with Crippen molar-refractivity contribution >= 4 is 50.5 Å². The lowest BCUT2D eigenvalue weighted by Gasteiger charge is -2.14. The van der Waals surface area contributed by atoms with Crippen molar-refractivity contribution in [2.75, 3.05) is 19.5 Å². The van der Waals surface area contributed by atoms with Crippen LogP contribution in [0.25, 0.3) is 21.5 Å². The molecule has 1 fully saturated rings. The van der Waals surface area contributed by atoms with Crippen LogP contribution < -0.4 is 5.32 Å². The van der Waals surface area contributed by atoms with Gasteiger partial charge in [-0.2, -0.15) is 0 Å². The number of aromatic nitrogens is 2. The molecule has 0 saturated heterocycles. The lowest BCUT2D eigenvalue weighted by Crippen LogP contribution is -2.18. The van der Waals surface area contributed by atoms with E-state index in [2.05, 4.69) is 27.7 Å². The minimum Gasteiger partial charge on any atom is -0.465 e. The summed E-state index contributed by atoms with van der Waals surface area (Å²) in [4.78, 5) is 37.5. The zero-order valence-corrected chi connectivity index (χ0v) is 20.5. The minimum atomic E-state index is -0.467. The van der Waals surface area contributed by atoms with Crippen molar-refractivity contribution in [3.63, 3.8) is 0 Å². The lowest BCUT2D eigenvalue weighted by molar-refractivity contribution is -0.117. The van der Waals surface area contributed by atoms with Crippen LogP contribution in [0.4, 0.5) is 5.69 Å². The predicted molar refractivity (Wildman–Crippen MR) is 135 cm³/mol. The molecule has 3 aromatic heterocycles. The van der Waals surface area contributed by atoms with Crippen molar-refractivity contribution in [2.24, 2.45) is 5.92 Å². The normalized spacial score (nSPS) is 13.4. The molecular formula is C25H24N4O3S2. The van der Waals surface area contributed by atoms with E-state index in [0.717, 1.165) is 40.2 Å². The number of ether oxygens (including phenoxy) is 1. The van der Waals surface area contributed by atoms with E-state index in [1.54, 1.807) is 11.3 Å². The summed E-state index contributed by atoms with van der Waals surface area (Å²) in [7, 11) is 3.37. The average Bonchev–Trinajstić information content (AvgIpc) is 3.51. The van der Waals surface area contributed by atoms with Gasteiger partial charge in [0.1, 0.15) is 14.7 Å². The fourth-order valence-electron chi connectivity index (χ4n) is 3.72. The van der Waals surface area contributed by atoms with E-state index in [4.69, 9.17) is 14.7 Å². The quantitative estimate of drug-likeness (QED) is 0.341. The number of methoxy groups -OCH3 is 1. The van der Waals surface area contributed by atoms with Crippen LogP contribution in [-0.2, 0) is 22.6 Å². The fourth-order valence-corrected chi connectivity index (χ4v) is 5.67.